The Morgan fingerprint density at radius 3 is 2.65 bits per heavy atom. The first-order valence-corrected chi connectivity index (χ1v) is 7.83. The van der Waals surface area contributed by atoms with Crippen LogP contribution < -0.4 is 15.4 Å². The molecule has 0 aliphatic heterocycles. The average molecular weight is 483 g/mol. The first-order chi connectivity index (χ1) is 12.0. The predicted molar refractivity (Wildman–Crippen MR) is 104 cm³/mol. The van der Waals surface area contributed by atoms with Gasteiger partial charge in [0, 0.05) is 6.54 Å². The van der Waals surface area contributed by atoms with E-state index in [4.69, 9.17) is 9.15 Å². The van der Waals surface area contributed by atoms with Gasteiger partial charge in [0.2, 0.25) is 0 Å². The van der Waals surface area contributed by atoms with Crippen LogP contribution in [-0.2, 0) is 12.7 Å². The maximum Gasteiger partial charge on any atom is 0.416 e. The van der Waals surface area contributed by atoms with Gasteiger partial charge in [-0.25, -0.2) is 4.99 Å². The number of aliphatic imine (C=N–C) groups is 1. The highest BCUT2D eigenvalue weighted by molar-refractivity contribution is 14.0. The zero-order valence-electron chi connectivity index (χ0n) is 14.2. The lowest BCUT2D eigenvalue weighted by Crippen LogP contribution is -2.39. The molecule has 0 radical (unpaired) electrons. The third-order valence-corrected chi connectivity index (χ3v) is 3.14. The lowest BCUT2D eigenvalue weighted by Gasteiger charge is -2.13. The maximum atomic E-state index is 12.6. The summed E-state index contributed by atoms with van der Waals surface area (Å²) in [4.78, 5) is 4.34. The number of benzene rings is 1. The summed E-state index contributed by atoms with van der Waals surface area (Å²) in [5, 5.41) is 6.11. The molecule has 0 spiro atoms. The van der Waals surface area contributed by atoms with E-state index in [0.29, 0.717) is 25.6 Å². The second kappa shape index (κ2) is 10.9. The van der Waals surface area contributed by atoms with E-state index in [0.717, 1.165) is 17.9 Å². The fraction of sp³-hybridized carbons (Fsp3) is 0.353. The Balaban J connectivity index is 0.00000338. The minimum atomic E-state index is -4.38. The molecule has 0 aliphatic carbocycles. The molecule has 144 valence electrons. The van der Waals surface area contributed by atoms with Crippen LogP contribution in [0.25, 0.3) is 0 Å². The van der Waals surface area contributed by atoms with Gasteiger partial charge in [-0.05, 0) is 37.3 Å². The molecule has 0 fully saturated rings. The number of alkyl halides is 3. The third-order valence-electron chi connectivity index (χ3n) is 3.14. The van der Waals surface area contributed by atoms with E-state index in [-0.39, 0.29) is 36.3 Å². The van der Waals surface area contributed by atoms with Gasteiger partial charge < -0.3 is 19.8 Å². The van der Waals surface area contributed by atoms with Gasteiger partial charge in [0.05, 0.1) is 18.4 Å². The molecule has 9 heteroatoms. The fourth-order valence-electron chi connectivity index (χ4n) is 2.00. The molecule has 0 atom stereocenters. The van der Waals surface area contributed by atoms with Crippen molar-refractivity contribution in [1.29, 1.82) is 0 Å². The Labute approximate surface area is 167 Å². The smallest absolute Gasteiger partial charge is 0.416 e. The number of hydrogen-bond donors (Lipinski definition) is 2. The quantitative estimate of drug-likeness (QED) is 0.270. The van der Waals surface area contributed by atoms with E-state index in [9.17, 15) is 13.2 Å². The molecule has 2 N–H and O–H groups in total. The van der Waals surface area contributed by atoms with E-state index in [1.807, 2.05) is 13.0 Å². The molecule has 0 saturated heterocycles. The predicted octanol–water partition coefficient (Wildman–Crippen LogP) is 4.05. The van der Waals surface area contributed by atoms with Crippen LogP contribution in [0.1, 0.15) is 18.2 Å². The summed E-state index contributed by atoms with van der Waals surface area (Å²) in [6.45, 7) is 3.59. The Morgan fingerprint density at radius 2 is 2.00 bits per heavy atom. The molecule has 0 aliphatic rings. The standard InChI is InChI=1S/C17H20F3N3O2.HI/c1-2-21-16(23-12-15-7-4-9-24-15)22-8-10-25-14-6-3-5-13(11-14)17(18,19)20;/h3-7,9,11H,2,8,10,12H2,1H3,(H2,21,22,23);1H. The van der Waals surface area contributed by atoms with Crippen LogP contribution in [0.15, 0.2) is 52.1 Å². The molecular weight excluding hydrogens is 462 g/mol. The molecule has 26 heavy (non-hydrogen) atoms. The van der Waals surface area contributed by atoms with Crippen LogP contribution in [-0.4, -0.2) is 25.7 Å². The van der Waals surface area contributed by atoms with Gasteiger partial charge in [-0.1, -0.05) is 6.07 Å². The Bertz CT molecular complexity index is 676. The van der Waals surface area contributed by atoms with Crippen LogP contribution in [0.4, 0.5) is 13.2 Å². The summed E-state index contributed by atoms with van der Waals surface area (Å²) in [5.74, 6) is 1.48. The Kier molecular flexibility index (Phi) is 9.31. The highest BCUT2D eigenvalue weighted by Crippen LogP contribution is 2.31. The van der Waals surface area contributed by atoms with Crippen molar-refractivity contribution in [3.8, 4) is 5.75 Å². The average Bonchev–Trinajstić information content (AvgIpc) is 3.09. The van der Waals surface area contributed by atoms with Gasteiger partial charge in [-0.15, -0.1) is 24.0 Å². The highest BCUT2D eigenvalue weighted by Gasteiger charge is 2.30. The molecule has 2 rings (SSSR count). The fourth-order valence-corrected chi connectivity index (χ4v) is 2.00. The van der Waals surface area contributed by atoms with Gasteiger partial charge >= 0.3 is 6.18 Å². The second-order valence-electron chi connectivity index (χ2n) is 5.08. The van der Waals surface area contributed by atoms with Gasteiger partial charge in [0.15, 0.2) is 5.96 Å². The molecule has 1 aromatic heterocycles. The molecule has 5 nitrogen and oxygen atoms in total. The van der Waals surface area contributed by atoms with E-state index in [1.165, 1.54) is 12.1 Å². The minimum Gasteiger partial charge on any atom is -0.492 e. The van der Waals surface area contributed by atoms with Crippen molar-refractivity contribution >= 4 is 29.9 Å². The number of rotatable bonds is 7. The topological polar surface area (TPSA) is 58.8 Å². The zero-order valence-corrected chi connectivity index (χ0v) is 16.5. The van der Waals surface area contributed by atoms with Crippen molar-refractivity contribution in [1.82, 2.24) is 10.6 Å². The Hall–Kier alpha value is -1.91. The molecule has 0 amide bonds. The second-order valence-corrected chi connectivity index (χ2v) is 5.08. The highest BCUT2D eigenvalue weighted by atomic mass is 127. The molecule has 0 unspecified atom stereocenters. The van der Waals surface area contributed by atoms with Crippen LogP contribution in [0.5, 0.6) is 5.75 Å². The SMILES string of the molecule is CCNC(=NCc1ccco1)NCCOc1cccc(C(F)(F)F)c1.I. The zero-order chi connectivity index (χ0) is 18.1. The monoisotopic (exact) mass is 483 g/mol. The van der Waals surface area contributed by atoms with Crippen LogP contribution in [0, 0.1) is 0 Å². The number of nitrogens with one attached hydrogen (secondary N) is 2. The summed E-state index contributed by atoms with van der Waals surface area (Å²) < 4.78 is 48.5. The molecule has 2 aromatic rings. The number of hydrogen-bond acceptors (Lipinski definition) is 3. The van der Waals surface area contributed by atoms with Gasteiger partial charge in [-0.2, -0.15) is 13.2 Å². The number of halogens is 4. The van der Waals surface area contributed by atoms with Crippen LogP contribution >= 0.6 is 24.0 Å². The van der Waals surface area contributed by atoms with E-state index in [1.54, 1.807) is 12.3 Å². The molecule has 0 bridgehead atoms. The van der Waals surface area contributed by atoms with Crippen molar-refractivity contribution in [2.24, 2.45) is 4.99 Å². The number of ether oxygens (including phenoxy) is 1. The first kappa shape index (κ1) is 22.1. The normalized spacial score (nSPS) is 11.6. The molecule has 1 aromatic carbocycles. The third kappa shape index (κ3) is 7.54. The van der Waals surface area contributed by atoms with Crippen molar-refractivity contribution in [3.63, 3.8) is 0 Å². The lowest BCUT2D eigenvalue weighted by molar-refractivity contribution is -0.137. The van der Waals surface area contributed by atoms with E-state index < -0.39 is 11.7 Å². The van der Waals surface area contributed by atoms with E-state index >= 15 is 0 Å². The maximum absolute atomic E-state index is 12.6. The molecule has 0 saturated carbocycles. The summed E-state index contributed by atoms with van der Waals surface area (Å²) >= 11 is 0. The van der Waals surface area contributed by atoms with Gasteiger partial charge in [0.1, 0.15) is 24.7 Å². The number of nitrogens with zero attached hydrogens (tertiary/aromatic N) is 1. The van der Waals surface area contributed by atoms with Crippen molar-refractivity contribution in [3.05, 3.63) is 54.0 Å². The van der Waals surface area contributed by atoms with Crippen molar-refractivity contribution in [2.75, 3.05) is 19.7 Å². The summed E-state index contributed by atoms with van der Waals surface area (Å²) in [6, 6.07) is 8.41. The molecular formula is C17H21F3IN3O2. The first-order valence-electron chi connectivity index (χ1n) is 7.83. The summed E-state index contributed by atoms with van der Waals surface area (Å²) in [7, 11) is 0. The van der Waals surface area contributed by atoms with Gasteiger partial charge in [0.25, 0.3) is 0 Å². The van der Waals surface area contributed by atoms with Crippen LogP contribution in [0.3, 0.4) is 0 Å². The number of guanidine groups is 1. The summed E-state index contributed by atoms with van der Waals surface area (Å²) in [5.41, 5.74) is -0.730. The van der Waals surface area contributed by atoms with Crippen molar-refractivity contribution < 1.29 is 22.3 Å². The molecule has 1 heterocycles. The number of furan rings is 1. The van der Waals surface area contributed by atoms with Crippen LogP contribution in [0.2, 0.25) is 0 Å². The summed E-state index contributed by atoms with van der Waals surface area (Å²) in [6.07, 6.45) is -2.80. The largest absolute Gasteiger partial charge is 0.492 e. The van der Waals surface area contributed by atoms with Crippen molar-refractivity contribution in [2.45, 2.75) is 19.6 Å². The van der Waals surface area contributed by atoms with Gasteiger partial charge in [-0.3, -0.25) is 0 Å². The Morgan fingerprint density at radius 1 is 1.19 bits per heavy atom. The minimum absolute atomic E-state index is 0. The van der Waals surface area contributed by atoms with E-state index in [2.05, 4.69) is 15.6 Å². The lowest BCUT2D eigenvalue weighted by atomic mass is 10.2.